The van der Waals surface area contributed by atoms with Gasteiger partial charge in [-0.15, -0.1) is 0 Å². The van der Waals surface area contributed by atoms with Crippen LogP contribution in [0.25, 0.3) is 0 Å². The van der Waals surface area contributed by atoms with Gasteiger partial charge in [-0.3, -0.25) is 0 Å². The molecule has 1 aromatic rings. The predicted molar refractivity (Wildman–Crippen MR) is 74.9 cm³/mol. The fourth-order valence-corrected chi connectivity index (χ4v) is 2.59. The van der Waals surface area contributed by atoms with E-state index in [2.05, 4.69) is 42.7 Å². The van der Waals surface area contributed by atoms with E-state index in [9.17, 15) is 0 Å². The van der Waals surface area contributed by atoms with Crippen molar-refractivity contribution in [2.24, 2.45) is 0 Å². The van der Waals surface area contributed by atoms with Crippen molar-refractivity contribution in [2.45, 2.75) is 32.4 Å². The van der Waals surface area contributed by atoms with E-state index in [0.717, 1.165) is 26.2 Å². The van der Waals surface area contributed by atoms with Crippen LogP contribution in [0.15, 0.2) is 18.2 Å². The predicted octanol–water partition coefficient (Wildman–Crippen LogP) is 1.94. The third kappa shape index (κ3) is 3.31. The Balaban J connectivity index is 2.09. The van der Waals surface area contributed by atoms with Crippen molar-refractivity contribution in [2.75, 3.05) is 26.8 Å². The molecule has 0 saturated carbocycles. The lowest BCUT2D eigenvalue weighted by molar-refractivity contribution is 0.0708. The summed E-state index contributed by atoms with van der Waals surface area (Å²) < 4.78 is 5.53. The van der Waals surface area contributed by atoms with Gasteiger partial charge in [0.25, 0.3) is 0 Å². The number of morpholine rings is 1. The largest absolute Gasteiger partial charge is 0.379 e. The lowest BCUT2D eigenvalue weighted by Crippen LogP contribution is -2.43. The molecule has 0 aliphatic carbocycles. The highest BCUT2D eigenvalue weighted by Crippen LogP contribution is 2.23. The van der Waals surface area contributed by atoms with Crippen LogP contribution in [-0.2, 0) is 4.74 Å². The maximum atomic E-state index is 5.53. The maximum absolute atomic E-state index is 5.53. The Labute approximate surface area is 110 Å². The number of aryl methyl sites for hydroxylation is 2. The van der Waals surface area contributed by atoms with E-state index in [1.54, 1.807) is 0 Å². The SMILES string of the molecule is CNC(CC1COCCN1)c1cc(C)ccc1C. The van der Waals surface area contributed by atoms with Crippen molar-refractivity contribution in [1.29, 1.82) is 0 Å². The molecular formula is C15H24N2O. The molecule has 1 fully saturated rings. The minimum Gasteiger partial charge on any atom is -0.379 e. The van der Waals surface area contributed by atoms with Crippen LogP contribution in [0.5, 0.6) is 0 Å². The molecule has 1 saturated heterocycles. The summed E-state index contributed by atoms with van der Waals surface area (Å²) in [5, 5.41) is 6.96. The van der Waals surface area contributed by atoms with E-state index in [1.165, 1.54) is 16.7 Å². The number of nitrogens with one attached hydrogen (secondary N) is 2. The Morgan fingerprint density at radius 1 is 1.44 bits per heavy atom. The molecule has 1 heterocycles. The molecule has 3 heteroatoms. The molecule has 2 rings (SSSR count). The van der Waals surface area contributed by atoms with Gasteiger partial charge in [-0.25, -0.2) is 0 Å². The zero-order chi connectivity index (χ0) is 13.0. The van der Waals surface area contributed by atoms with Gasteiger partial charge >= 0.3 is 0 Å². The first kappa shape index (κ1) is 13.5. The number of hydrogen-bond donors (Lipinski definition) is 2. The fraction of sp³-hybridized carbons (Fsp3) is 0.600. The Bertz CT molecular complexity index is 386. The monoisotopic (exact) mass is 248 g/mol. The van der Waals surface area contributed by atoms with Crippen molar-refractivity contribution >= 4 is 0 Å². The van der Waals surface area contributed by atoms with Crippen LogP contribution < -0.4 is 10.6 Å². The Kier molecular flexibility index (Phi) is 4.75. The van der Waals surface area contributed by atoms with Gasteiger partial charge < -0.3 is 15.4 Å². The molecule has 0 spiro atoms. The highest BCUT2D eigenvalue weighted by Gasteiger charge is 2.20. The van der Waals surface area contributed by atoms with Crippen molar-refractivity contribution in [3.8, 4) is 0 Å². The van der Waals surface area contributed by atoms with Crippen LogP contribution in [0.1, 0.15) is 29.2 Å². The molecule has 0 radical (unpaired) electrons. The van der Waals surface area contributed by atoms with Gasteiger partial charge in [-0.05, 0) is 38.4 Å². The molecule has 0 bridgehead atoms. The average Bonchev–Trinajstić information content (AvgIpc) is 2.40. The van der Waals surface area contributed by atoms with Gasteiger partial charge in [0, 0.05) is 18.6 Å². The molecule has 100 valence electrons. The Morgan fingerprint density at radius 3 is 2.94 bits per heavy atom. The van der Waals surface area contributed by atoms with Gasteiger partial charge in [-0.1, -0.05) is 23.8 Å². The van der Waals surface area contributed by atoms with Gasteiger partial charge in [0.15, 0.2) is 0 Å². The molecule has 2 unspecified atom stereocenters. The Hall–Kier alpha value is -0.900. The molecule has 18 heavy (non-hydrogen) atoms. The standard InChI is InChI=1S/C15H24N2O/c1-11-4-5-12(2)14(8-11)15(16-3)9-13-10-18-7-6-17-13/h4-5,8,13,15-17H,6-7,9-10H2,1-3H3. The van der Waals surface area contributed by atoms with Crippen LogP contribution in [0.3, 0.4) is 0 Å². The van der Waals surface area contributed by atoms with Crippen molar-refractivity contribution in [3.63, 3.8) is 0 Å². The smallest absolute Gasteiger partial charge is 0.0620 e. The summed E-state index contributed by atoms with van der Waals surface area (Å²) in [6.45, 7) is 6.96. The first-order valence-corrected chi connectivity index (χ1v) is 6.76. The first-order valence-electron chi connectivity index (χ1n) is 6.76. The lowest BCUT2D eigenvalue weighted by Gasteiger charge is -2.28. The molecule has 2 N–H and O–H groups in total. The van der Waals surface area contributed by atoms with Gasteiger partial charge in [0.05, 0.1) is 13.2 Å². The second-order valence-corrected chi connectivity index (χ2v) is 5.16. The minimum absolute atomic E-state index is 0.393. The second kappa shape index (κ2) is 6.32. The van der Waals surface area contributed by atoms with Crippen molar-refractivity contribution in [3.05, 3.63) is 34.9 Å². The van der Waals surface area contributed by atoms with Crippen LogP contribution >= 0.6 is 0 Å². The van der Waals surface area contributed by atoms with Crippen molar-refractivity contribution in [1.82, 2.24) is 10.6 Å². The van der Waals surface area contributed by atoms with E-state index in [-0.39, 0.29) is 0 Å². The number of hydrogen-bond acceptors (Lipinski definition) is 3. The molecule has 0 aromatic heterocycles. The summed E-state index contributed by atoms with van der Waals surface area (Å²) in [7, 11) is 2.04. The van der Waals surface area contributed by atoms with Gasteiger partial charge in [0.2, 0.25) is 0 Å². The summed E-state index contributed by atoms with van der Waals surface area (Å²) in [4.78, 5) is 0. The van der Waals surface area contributed by atoms with Crippen molar-refractivity contribution < 1.29 is 4.74 Å². The number of ether oxygens (including phenoxy) is 1. The molecule has 0 amide bonds. The third-order valence-electron chi connectivity index (χ3n) is 3.68. The zero-order valence-electron chi connectivity index (χ0n) is 11.6. The molecule has 3 nitrogen and oxygen atoms in total. The normalized spacial score (nSPS) is 21.8. The van der Waals surface area contributed by atoms with Crippen LogP contribution in [0.4, 0.5) is 0 Å². The Morgan fingerprint density at radius 2 is 2.28 bits per heavy atom. The van der Waals surface area contributed by atoms with E-state index in [4.69, 9.17) is 4.74 Å². The van der Waals surface area contributed by atoms with Crippen LogP contribution in [0.2, 0.25) is 0 Å². The molecule has 1 aromatic carbocycles. The highest BCUT2D eigenvalue weighted by atomic mass is 16.5. The van der Waals surface area contributed by atoms with E-state index in [1.807, 2.05) is 7.05 Å². The summed E-state index contributed by atoms with van der Waals surface area (Å²) in [6.07, 6.45) is 1.07. The third-order valence-corrected chi connectivity index (χ3v) is 3.68. The minimum atomic E-state index is 0.393. The maximum Gasteiger partial charge on any atom is 0.0620 e. The molecule has 2 atom stereocenters. The summed E-state index contributed by atoms with van der Waals surface area (Å²) in [5.41, 5.74) is 4.09. The molecule has 1 aliphatic rings. The average molecular weight is 248 g/mol. The molecular weight excluding hydrogens is 224 g/mol. The quantitative estimate of drug-likeness (QED) is 0.854. The van der Waals surface area contributed by atoms with Crippen LogP contribution in [0, 0.1) is 13.8 Å². The van der Waals surface area contributed by atoms with Gasteiger partial charge in [0.1, 0.15) is 0 Å². The summed E-state index contributed by atoms with van der Waals surface area (Å²) in [5.74, 6) is 0. The van der Waals surface area contributed by atoms with Gasteiger partial charge in [-0.2, -0.15) is 0 Å². The first-order chi connectivity index (χ1) is 8.70. The van der Waals surface area contributed by atoms with E-state index < -0.39 is 0 Å². The molecule has 1 aliphatic heterocycles. The van der Waals surface area contributed by atoms with E-state index >= 15 is 0 Å². The lowest BCUT2D eigenvalue weighted by atomic mass is 9.94. The topological polar surface area (TPSA) is 33.3 Å². The second-order valence-electron chi connectivity index (χ2n) is 5.16. The number of benzene rings is 1. The number of rotatable bonds is 4. The fourth-order valence-electron chi connectivity index (χ4n) is 2.59. The summed E-state index contributed by atoms with van der Waals surface area (Å²) >= 11 is 0. The van der Waals surface area contributed by atoms with E-state index in [0.29, 0.717) is 12.1 Å². The van der Waals surface area contributed by atoms with Crippen LogP contribution in [-0.4, -0.2) is 32.8 Å². The highest BCUT2D eigenvalue weighted by molar-refractivity contribution is 5.33. The zero-order valence-corrected chi connectivity index (χ0v) is 11.6. The summed E-state index contributed by atoms with van der Waals surface area (Å²) in [6, 6.07) is 7.52.